The Morgan fingerprint density at radius 3 is 2.50 bits per heavy atom. The molecule has 5 rings (SSSR count). The minimum absolute atomic E-state index is 0.0472. The molecule has 2 fully saturated rings. The number of hydrogen-bond acceptors (Lipinski definition) is 10. The predicted octanol–water partition coefficient (Wildman–Crippen LogP) is 3.60. The second-order valence-corrected chi connectivity index (χ2v) is 14.3. The van der Waals surface area contributed by atoms with Gasteiger partial charge in [-0.15, -0.1) is 0 Å². The molecule has 248 valence electrons. The lowest BCUT2D eigenvalue weighted by Crippen LogP contribution is -2.45. The van der Waals surface area contributed by atoms with Crippen molar-refractivity contribution in [2.24, 2.45) is 5.92 Å². The quantitative estimate of drug-likeness (QED) is 0.204. The number of aliphatic carboxylic acids is 1. The van der Waals surface area contributed by atoms with Gasteiger partial charge in [-0.2, -0.15) is 4.98 Å². The summed E-state index contributed by atoms with van der Waals surface area (Å²) in [5, 5.41) is 13.1. The first kappa shape index (κ1) is 33.2. The number of anilines is 1. The highest BCUT2D eigenvalue weighted by molar-refractivity contribution is 7.90. The van der Waals surface area contributed by atoms with Crippen molar-refractivity contribution in [1.29, 1.82) is 0 Å². The Kier molecular flexibility index (Phi) is 10.8. The van der Waals surface area contributed by atoms with Gasteiger partial charge >= 0.3 is 11.9 Å². The lowest BCUT2D eigenvalue weighted by molar-refractivity contribution is -0.155. The van der Waals surface area contributed by atoms with Gasteiger partial charge in [-0.3, -0.25) is 14.4 Å². The van der Waals surface area contributed by atoms with Crippen LogP contribution in [-0.2, 0) is 29.0 Å². The van der Waals surface area contributed by atoms with Gasteiger partial charge in [0.15, 0.2) is 0 Å². The average Bonchev–Trinajstić information content (AvgIpc) is 3.47. The number of fused-ring (bicyclic) bond motifs is 1. The maximum Gasteiger partial charge on any atom is 0.306 e. The number of nitrogens with zero attached hydrogens (tertiary/aromatic N) is 4. The van der Waals surface area contributed by atoms with E-state index in [9.17, 15) is 22.8 Å². The number of ether oxygens (including phenoxy) is 2. The standard InChI is InChI=1S/C32H41N5O8S/c1-46(42,43)21-3-20-44-27-5-2-4-26-25(27)15-19-37(26)28-12-16-33-32(35-28)34-23-8-6-22(7-9-23)31(41)36-17-13-24(14-18-36)45-30(40)11-10-29(38)39/h2,4-5,12,15-16,19,22-24H,3,6-11,13-14,17-18,20-21H2,1H3,(H,38,39)(H,33,34,35)/t22-,23-. The molecule has 46 heavy (non-hydrogen) atoms. The largest absolute Gasteiger partial charge is 0.493 e. The summed E-state index contributed by atoms with van der Waals surface area (Å²) >= 11 is 0. The number of benzene rings is 1. The van der Waals surface area contributed by atoms with Crippen molar-refractivity contribution in [1.82, 2.24) is 19.4 Å². The van der Waals surface area contributed by atoms with Gasteiger partial charge in [-0.1, -0.05) is 6.07 Å². The summed E-state index contributed by atoms with van der Waals surface area (Å²) in [6, 6.07) is 9.67. The van der Waals surface area contributed by atoms with Crippen molar-refractivity contribution < 1.29 is 37.4 Å². The van der Waals surface area contributed by atoms with E-state index in [2.05, 4.69) is 10.3 Å². The van der Waals surface area contributed by atoms with Gasteiger partial charge in [0.1, 0.15) is 27.5 Å². The van der Waals surface area contributed by atoms with Gasteiger partial charge in [0.05, 0.1) is 30.7 Å². The van der Waals surface area contributed by atoms with E-state index in [1.54, 1.807) is 6.20 Å². The number of amides is 1. The maximum absolute atomic E-state index is 13.2. The molecule has 0 unspecified atom stereocenters. The molecule has 0 radical (unpaired) electrons. The first-order valence-electron chi connectivity index (χ1n) is 15.8. The topological polar surface area (TPSA) is 170 Å². The number of carbonyl (C=O) groups is 3. The van der Waals surface area contributed by atoms with E-state index in [1.165, 1.54) is 6.26 Å². The number of aromatic nitrogens is 3. The molecule has 1 saturated carbocycles. The fraction of sp³-hybridized carbons (Fsp3) is 0.531. The average molecular weight is 656 g/mol. The fourth-order valence-electron chi connectivity index (χ4n) is 6.09. The van der Waals surface area contributed by atoms with Crippen molar-refractivity contribution in [3.63, 3.8) is 0 Å². The van der Waals surface area contributed by atoms with Crippen molar-refractivity contribution >= 4 is 44.5 Å². The number of esters is 1. The number of carbonyl (C=O) groups excluding carboxylic acids is 2. The Morgan fingerprint density at radius 1 is 1.02 bits per heavy atom. The molecule has 1 aliphatic carbocycles. The van der Waals surface area contributed by atoms with Gasteiger partial charge < -0.3 is 29.4 Å². The number of nitrogens with one attached hydrogen (secondary N) is 1. The molecule has 2 aliphatic rings. The Labute approximate surface area is 268 Å². The van der Waals surface area contributed by atoms with E-state index in [1.807, 2.05) is 46.0 Å². The van der Waals surface area contributed by atoms with E-state index < -0.39 is 21.8 Å². The Bertz CT molecular complexity index is 1640. The van der Waals surface area contributed by atoms with E-state index in [-0.39, 0.29) is 42.6 Å². The summed E-state index contributed by atoms with van der Waals surface area (Å²) in [6.07, 6.45) is 8.88. The third-order valence-electron chi connectivity index (χ3n) is 8.50. The van der Waals surface area contributed by atoms with Crippen LogP contribution in [0.15, 0.2) is 42.7 Å². The molecule has 3 aromatic rings. The van der Waals surface area contributed by atoms with Gasteiger partial charge in [-0.25, -0.2) is 13.4 Å². The summed E-state index contributed by atoms with van der Waals surface area (Å²) < 4.78 is 36.1. The number of sulfone groups is 1. The van der Waals surface area contributed by atoms with Crippen molar-refractivity contribution in [3.8, 4) is 11.6 Å². The summed E-state index contributed by atoms with van der Waals surface area (Å²) in [7, 11) is -3.03. The van der Waals surface area contributed by atoms with Crippen LogP contribution in [0.4, 0.5) is 5.95 Å². The number of hydrogen-bond donors (Lipinski definition) is 2. The van der Waals surface area contributed by atoms with E-state index in [4.69, 9.17) is 19.6 Å². The molecular formula is C32H41N5O8S. The number of carboxylic acids is 1. The Hall–Kier alpha value is -4.20. The third-order valence-corrected chi connectivity index (χ3v) is 9.53. The second kappa shape index (κ2) is 14.9. The number of likely N-dealkylation sites (tertiary alicyclic amines) is 1. The smallest absolute Gasteiger partial charge is 0.306 e. The molecule has 1 aliphatic heterocycles. The molecule has 2 aromatic heterocycles. The lowest BCUT2D eigenvalue weighted by Gasteiger charge is -2.36. The molecule has 1 amide bonds. The fourth-order valence-corrected chi connectivity index (χ4v) is 6.74. The Morgan fingerprint density at radius 2 is 1.78 bits per heavy atom. The van der Waals surface area contributed by atoms with Crippen LogP contribution < -0.4 is 10.1 Å². The number of piperidine rings is 1. The van der Waals surface area contributed by atoms with E-state index in [0.29, 0.717) is 56.5 Å². The SMILES string of the molecule is CS(=O)(=O)CCCOc1cccc2c1ccn2-c1ccnc(N[C@H]2CC[C@H](C(=O)N3CCC(OC(=O)CCC(=O)O)CC3)CC2)n1. The second-order valence-electron chi connectivity index (χ2n) is 12.0. The van der Waals surface area contributed by atoms with Crippen LogP contribution in [0.3, 0.4) is 0 Å². The summed E-state index contributed by atoms with van der Waals surface area (Å²) in [4.78, 5) is 46.8. The maximum atomic E-state index is 13.2. The first-order valence-corrected chi connectivity index (χ1v) is 17.8. The van der Waals surface area contributed by atoms with Gasteiger partial charge in [-0.05, 0) is 56.4 Å². The molecule has 1 aromatic carbocycles. The molecule has 13 nitrogen and oxygen atoms in total. The molecule has 0 bridgehead atoms. The molecule has 14 heteroatoms. The minimum atomic E-state index is -3.03. The molecule has 0 atom stereocenters. The molecule has 3 heterocycles. The van der Waals surface area contributed by atoms with Crippen molar-refractivity contribution in [2.75, 3.05) is 37.0 Å². The zero-order valence-electron chi connectivity index (χ0n) is 26.0. The highest BCUT2D eigenvalue weighted by atomic mass is 32.2. The predicted molar refractivity (Wildman–Crippen MR) is 171 cm³/mol. The van der Waals surface area contributed by atoms with Crippen LogP contribution >= 0.6 is 0 Å². The third kappa shape index (κ3) is 8.95. The molecule has 1 saturated heterocycles. The molecule has 0 spiro atoms. The summed E-state index contributed by atoms with van der Waals surface area (Å²) in [5.41, 5.74) is 0.907. The van der Waals surface area contributed by atoms with Crippen LogP contribution in [-0.4, -0.2) is 94.7 Å². The molecule has 2 N–H and O–H groups in total. The monoisotopic (exact) mass is 655 g/mol. The van der Waals surface area contributed by atoms with Crippen molar-refractivity contribution in [3.05, 3.63) is 42.7 Å². The van der Waals surface area contributed by atoms with Gasteiger partial charge in [0.25, 0.3) is 0 Å². The normalized spacial score (nSPS) is 19.1. The molecular weight excluding hydrogens is 614 g/mol. The van der Waals surface area contributed by atoms with Gasteiger partial charge in [0.2, 0.25) is 11.9 Å². The van der Waals surface area contributed by atoms with Crippen molar-refractivity contribution in [2.45, 2.75) is 69.9 Å². The summed E-state index contributed by atoms with van der Waals surface area (Å²) in [5.74, 6) is 0.538. The highest BCUT2D eigenvalue weighted by Crippen LogP contribution is 2.31. The Balaban J connectivity index is 1.10. The first-order chi connectivity index (χ1) is 22.1. The zero-order valence-corrected chi connectivity index (χ0v) is 26.8. The number of rotatable bonds is 13. The van der Waals surface area contributed by atoms with Crippen LogP contribution in [0.25, 0.3) is 16.7 Å². The zero-order chi connectivity index (χ0) is 32.7. The highest BCUT2D eigenvalue weighted by Gasteiger charge is 2.32. The van der Waals surface area contributed by atoms with Gasteiger partial charge in [0, 0.05) is 61.9 Å². The van der Waals surface area contributed by atoms with Crippen LogP contribution in [0, 0.1) is 5.92 Å². The minimum Gasteiger partial charge on any atom is -0.493 e. The van der Waals surface area contributed by atoms with Crippen LogP contribution in [0.1, 0.15) is 57.8 Å². The van der Waals surface area contributed by atoms with E-state index in [0.717, 1.165) is 36.6 Å². The number of carboxylic acid groups (broad SMARTS) is 1. The summed E-state index contributed by atoms with van der Waals surface area (Å²) in [6.45, 7) is 1.36. The van der Waals surface area contributed by atoms with E-state index >= 15 is 0 Å². The lowest BCUT2D eigenvalue weighted by atomic mass is 9.85. The van der Waals surface area contributed by atoms with Crippen LogP contribution in [0.5, 0.6) is 5.75 Å². The van der Waals surface area contributed by atoms with Crippen LogP contribution in [0.2, 0.25) is 0 Å².